The number of rotatable bonds is 7. The van der Waals surface area contributed by atoms with Crippen molar-refractivity contribution in [1.29, 1.82) is 0 Å². The molecule has 42 heavy (non-hydrogen) atoms. The van der Waals surface area contributed by atoms with E-state index in [1.807, 2.05) is 0 Å². The van der Waals surface area contributed by atoms with E-state index in [0.29, 0.717) is 24.2 Å². The molecule has 12 heteroatoms. The van der Waals surface area contributed by atoms with Gasteiger partial charge in [-0.2, -0.15) is 0 Å². The van der Waals surface area contributed by atoms with Gasteiger partial charge in [0.25, 0.3) is 5.69 Å². The molecule has 0 atom stereocenters. The number of nitrogens with zero attached hydrogens (tertiary/aromatic N) is 4. The fourth-order valence-corrected chi connectivity index (χ4v) is 4.69. The van der Waals surface area contributed by atoms with Crippen molar-refractivity contribution in [2.75, 3.05) is 33.3 Å². The normalized spacial score (nSPS) is 15.3. The Morgan fingerprint density at radius 2 is 1.40 bits per heavy atom. The smallest absolute Gasteiger partial charge is 0.274 e. The molecule has 0 bridgehead atoms. The third-order valence-corrected chi connectivity index (χ3v) is 7.11. The van der Waals surface area contributed by atoms with E-state index in [-0.39, 0.29) is 46.0 Å². The number of likely N-dealkylation sites (tertiary alicyclic amines) is 2. The molecule has 2 N–H and O–H groups in total. The number of methoxy groups -OCH3 is 1. The average Bonchev–Trinajstić information content (AvgIpc) is 3.01. The quantitative estimate of drug-likeness (QED) is 0.189. The molecule has 2 aromatic carbocycles. The summed E-state index contributed by atoms with van der Waals surface area (Å²) in [5, 5.41) is 33.6. The Balaban J connectivity index is 0.000000231. The number of carbonyl (C=O) groups is 2. The zero-order valence-electron chi connectivity index (χ0n) is 23.8. The highest BCUT2D eigenvalue weighted by Gasteiger charge is 2.18. The SMILES string of the molecule is COc1cc([N+](=O)[O-])cc(/C=C/C(=O)N2CCCCC2)c1O.Cc1cc(O)c(/C=C/C(=O)N2CCCCC2)cc1N=O. The van der Waals surface area contributed by atoms with Crippen molar-refractivity contribution >= 4 is 35.3 Å². The number of hydrogen-bond donors (Lipinski definition) is 2. The van der Waals surface area contributed by atoms with Gasteiger partial charge in [-0.15, -0.1) is 4.91 Å². The van der Waals surface area contributed by atoms with E-state index in [1.165, 1.54) is 56.0 Å². The Morgan fingerprint density at radius 1 is 0.881 bits per heavy atom. The van der Waals surface area contributed by atoms with Gasteiger partial charge in [-0.05, 0) is 80.5 Å². The van der Waals surface area contributed by atoms with Crippen molar-refractivity contribution in [3.05, 3.63) is 68.1 Å². The van der Waals surface area contributed by atoms with Crippen molar-refractivity contribution in [3.8, 4) is 17.2 Å². The second-order valence-electron chi connectivity index (χ2n) is 10.1. The summed E-state index contributed by atoms with van der Waals surface area (Å²) in [5.74, 6) is -0.414. The van der Waals surface area contributed by atoms with Gasteiger partial charge in [0.15, 0.2) is 11.5 Å². The van der Waals surface area contributed by atoms with Crippen molar-refractivity contribution in [1.82, 2.24) is 9.80 Å². The molecule has 0 spiro atoms. The van der Waals surface area contributed by atoms with Crippen molar-refractivity contribution in [2.24, 2.45) is 5.18 Å². The first-order valence-corrected chi connectivity index (χ1v) is 13.8. The Bertz CT molecular complexity index is 1360. The lowest BCUT2D eigenvalue weighted by Gasteiger charge is -2.25. The maximum absolute atomic E-state index is 12.0. The summed E-state index contributed by atoms with van der Waals surface area (Å²) in [6.45, 7) is 4.69. The highest BCUT2D eigenvalue weighted by Crippen LogP contribution is 2.35. The molecule has 224 valence electrons. The van der Waals surface area contributed by atoms with E-state index in [1.54, 1.807) is 16.7 Å². The first-order chi connectivity index (χ1) is 20.1. The molecular formula is C30H36N4O8. The Labute approximate surface area is 244 Å². The van der Waals surface area contributed by atoms with Crippen LogP contribution in [0.3, 0.4) is 0 Å². The number of nitro groups is 1. The Kier molecular flexibility index (Phi) is 11.6. The third kappa shape index (κ3) is 8.63. The minimum atomic E-state index is -0.578. The molecule has 0 unspecified atom stereocenters. The number of phenols is 2. The van der Waals surface area contributed by atoms with Gasteiger partial charge in [0, 0.05) is 55.5 Å². The molecule has 0 saturated carbocycles. The monoisotopic (exact) mass is 580 g/mol. The van der Waals surface area contributed by atoms with Crippen LogP contribution in [0.15, 0.2) is 41.6 Å². The van der Waals surface area contributed by atoms with Crippen LogP contribution < -0.4 is 4.74 Å². The maximum Gasteiger partial charge on any atom is 0.274 e. The average molecular weight is 581 g/mol. The summed E-state index contributed by atoms with van der Waals surface area (Å²) in [4.78, 5) is 48.5. The lowest BCUT2D eigenvalue weighted by atomic mass is 10.1. The molecule has 4 rings (SSSR count). The van der Waals surface area contributed by atoms with E-state index in [4.69, 9.17) is 4.74 Å². The van der Waals surface area contributed by atoms with E-state index < -0.39 is 4.92 Å². The molecule has 2 fully saturated rings. The van der Waals surface area contributed by atoms with E-state index >= 15 is 0 Å². The van der Waals surface area contributed by atoms with Crippen molar-refractivity contribution < 1.29 is 29.5 Å². The molecule has 2 aliphatic rings. The number of hydrogen-bond acceptors (Lipinski definition) is 9. The van der Waals surface area contributed by atoms with Gasteiger partial charge in [-0.25, -0.2) is 0 Å². The van der Waals surface area contributed by atoms with Gasteiger partial charge in [0.05, 0.1) is 18.1 Å². The maximum atomic E-state index is 12.0. The first-order valence-electron chi connectivity index (χ1n) is 13.8. The molecule has 0 aromatic heterocycles. The molecule has 2 aromatic rings. The molecule has 2 saturated heterocycles. The topological polar surface area (TPSA) is 163 Å². The van der Waals surface area contributed by atoms with Crippen LogP contribution in [0.1, 0.15) is 55.2 Å². The largest absolute Gasteiger partial charge is 0.507 e. The van der Waals surface area contributed by atoms with Crippen LogP contribution in [0, 0.1) is 21.9 Å². The molecule has 0 radical (unpaired) electrons. The number of nitro benzene ring substituents is 1. The van der Waals surface area contributed by atoms with Crippen LogP contribution in [-0.2, 0) is 9.59 Å². The van der Waals surface area contributed by atoms with Gasteiger partial charge in [0.2, 0.25) is 11.8 Å². The minimum absolute atomic E-state index is 0.000675. The number of phenolic OH excluding ortho intramolecular Hbond substituents is 2. The zero-order valence-corrected chi connectivity index (χ0v) is 23.8. The minimum Gasteiger partial charge on any atom is -0.507 e. The fraction of sp³-hybridized carbons (Fsp3) is 0.400. The molecule has 0 aliphatic carbocycles. The molecule has 2 amide bonds. The Hall–Kier alpha value is -4.74. The number of aromatic hydroxyl groups is 2. The number of carbonyl (C=O) groups excluding carboxylic acids is 2. The second-order valence-corrected chi connectivity index (χ2v) is 10.1. The molecule has 12 nitrogen and oxygen atoms in total. The highest BCUT2D eigenvalue weighted by atomic mass is 16.6. The lowest BCUT2D eigenvalue weighted by Crippen LogP contribution is -2.34. The fourth-order valence-electron chi connectivity index (χ4n) is 4.69. The van der Waals surface area contributed by atoms with Gasteiger partial charge in [-0.1, -0.05) is 0 Å². The predicted octanol–water partition coefficient (Wildman–Crippen LogP) is 5.46. The zero-order chi connectivity index (χ0) is 30.6. The number of aryl methyl sites for hydroxylation is 1. The van der Waals surface area contributed by atoms with Crippen molar-refractivity contribution in [2.45, 2.75) is 45.4 Å². The first kappa shape index (κ1) is 31.8. The van der Waals surface area contributed by atoms with Crippen LogP contribution in [0.4, 0.5) is 11.4 Å². The number of nitroso groups, excluding NO2 is 1. The summed E-state index contributed by atoms with van der Waals surface area (Å²) in [5.41, 5.74) is 1.27. The van der Waals surface area contributed by atoms with Gasteiger partial charge >= 0.3 is 0 Å². The highest BCUT2D eigenvalue weighted by molar-refractivity contribution is 5.93. The van der Waals surface area contributed by atoms with Crippen LogP contribution in [-0.4, -0.2) is 70.0 Å². The number of ether oxygens (including phenoxy) is 1. The van der Waals surface area contributed by atoms with Gasteiger partial charge < -0.3 is 24.7 Å². The number of piperidine rings is 2. The number of benzene rings is 2. The van der Waals surface area contributed by atoms with Crippen molar-refractivity contribution in [3.63, 3.8) is 0 Å². The van der Waals surface area contributed by atoms with E-state index in [9.17, 15) is 34.8 Å². The lowest BCUT2D eigenvalue weighted by molar-refractivity contribution is -0.385. The standard InChI is InChI=1S/C15H18N2O5.C15H18N2O3/c1-22-13-10-12(17(20)21)9-11(15(13)19)5-6-14(18)16-7-3-2-4-8-16;1-11-9-14(18)12(10-13(11)16-20)5-6-15(19)17-7-3-2-4-8-17/h5-6,9-10,19H,2-4,7-8H2,1H3;5-6,9-10,18H,2-4,7-8H2,1H3/b2*6-5+. The summed E-state index contributed by atoms with van der Waals surface area (Å²) in [6, 6.07) is 5.30. The van der Waals surface area contributed by atoms with E-state index in [0.717, 1.165) is 51.3 Å². The summed E-state index contributed by atoms with van der Waals surface area (Å²) in [6.07, 6.45) is 12.0. The number of amides is 2. The summed E-state index contributed by atoms with van der Waals surface area (Å²) in [7, 11) is 1.31. The van der Waals surface area contributed by atoms with Crippen LogP contribution >= 0.6 is 0 Å². The van der Waals surface area contributed by atoms with E-state index in [2.05, 4.69) is 5.18 Å². The number of non-ortho nitro benzene ring substituents is 1. The molecule has 2 heterocycles. The second kappa shape index (κ2) is 15.3. The van der Waals surface area contributed by atoms with Gasteiger partial charge in [-0.3, -0.25) is 19.7 Å². The third-order valence-electron chi connectivity index (χ3n) is 7.11. The van der Waals surface area contributed by atoms with Gasteiger partial charge in [0.1, 0.15) is 11.4 Å². The molecule has 2 aliphatic heterocycles. The predicted molar refractivity (Wildman–Crippen MR) is 159 cm³/mol. The summed E-state index contributed by atoms with van der Waals surface area (Å²) >= 11 is 0. The molecular weight excluding hydrogens is 544 g/mol. The van der Waals surface area contributed by atoms with Crippen LogP contribution in [0.2, 0.25) is 0 Å². The van der Waals surface area contributed by atoms with Crippen LogP contribution in [0.5, 0.6) is 17.2 Å². The Morgan fingerprint density at radius 3 is 1.88 bits per heavy atom. The summed E-state index contributed by atoms with van der Waals surface area (Å²) < 4.78 is 4.92. The van der Waals surface area contributed by atoms with Crippen LogP contribution in [0.25, 0.3) is 12.2 Å².